The Morgan fingerprint density at radius 1 is 1.23 bits per heavy atom. The molecule has 2 atom stereocenters. The van der Waals surface area contributed by atoms with Crippen LogP contribution in [0.2, 0.25) is 0 Å². The first kappa shape index (κ1) is 15.5. The van der Waals surface area contributed by atoms with Crippen LogP contribution in [0.3, 0.4) is 0 Å². The molecule has 0 N–H and O–H groups in total. The fourth-order valence-corrected chi connectivity index (χ4v) is 3.41. The van der Waals surface area contributed by atoms with Crippen molar-refractivity contribution in [2.75, 3.05) is 20.8 Å². The zero-order valence-electron chi connectivity index (χ0n) is 12.8. The van der Waals surface area contributed by atoms with E-state index < -0.39 is 24.3 Å². The van der Waals surface area contributed by atoms with Crippen LogP contribution < -0.4 is 0 Å². The van der Waals surface area contributed by atoms with Gasteiger partial charge in [0.15, 0.2) is 6.29 Å². The van der Waals surface area contributed by atoms with Crippen molar-refractivity contribution in [3.8, 4) is 0 Å². The molecule has 0 radical (unpaired) electrons. The molecular weight excluding hydrogens is 290 g/mol. The summed E-state index contributed by atoms with van der Waals surface area (Å²) < 4.78 is 20.8. The Morgan fingerprint density at radius 3 is 2.59 bits per heavy atom. The topological polar surface area (TPSA) is 74.3 Å². The summed E-state index contributed by atoms with van der Waals surface area (Å²) in [7, 11) is 2.66. The molecule has 2 bridgehead atoms. The molecule has 7 nitrogen and oxygen atoms in total. The van der Waals surface area contributed by atoms with E-state index in [-0.39, 0.29) is 12.3 Å². The molecule has 3 aliphatic heterocycles. The van der Waals surface area contributed by atoms with Gasteiger partial charge in [0, 0.05) is 11.6 Å². The van der Waals surface area contributed by atoms with Crippen molar-refractivity contribution in [2.45, 2.75) is 44.4 Å². The van der Waals surface area contributed by atoms with Gasteiger partial charge in [-0.15, -0.1) is 0 Å². The second kappa shape index (κ2) is 6.36. The first-order valence-electron chi connectivity index (χ1n) is 7.58. The fourth-order valence-electron chi connectivity index (χ4n) is 3.41. The molecule has 0 saturated carbocycles. The van der Waals surface area contributed by atoms with Crippen LogP contribution in [-0.4, -0.2) is 56.3 Å². The lowest BCUT2D eigenvalue weighted by atomic mass is 9.84. The number of methoxy groups -OCH3 is 2. The first-order valence-corrected chi connectivity index (χ1v) is 7.58. The third-order valence-electron chi connectivity index (χ3n) is 4.51. The van der Waals surface area contributed by atoms with E-state index in [0.717, 1.165) is 25.7 Å². The van der Waals surface area contributed by atoms with Crippen molar-refractivity contribution >= 4 is 11.9 Å². The van der Waals surface area contributed by atoms with E-state index in [1.54, 1.807) is 0 Å². The number of allylic oxidation sites excluding steroid dienone is 1. The Morgan fingerprint density at radius 2 is 2.00 bits per heavy atom. The highest BCUT2D eigenvalue weighted by molar-refractivity contribution is 5.96. The van der Waals surface area contributed by atoms with Gasteiger partial charge >= 0.3 is 11.9 Å². The zero-order chi connectivity index (χ0) is 15.7. The molecule has 0 spiro atoms. The number of hydrogen-bond acceptors (Lipinski definition) is 7. The molecule has 22 heavy (non-hydrogen) atoms. The van der Waals surface area contributed by atoms with E-state index in [2.05, 4.69) is 0 Å². The Labute approximate surface area is 129 Å². The minimum Gasteiger partial charge on any atom is -0.468 e. The summed E-state index contributed by atoms with van der Waals surface area (Å²) in [5.74, 6) is -1.58. The van der Waals surface area contributed by atoms with Crippen LogP contribution >= 0.6 is 0 Å². The van der Waals surface area contributed by atoms with Crippen molar-refractivity contribution in [2.24, 2.45) is 5.92 Å². The average molecular weight is 311 g/mol. The number of esters is 2. The van der Waals surface area contributed by atoms with E-state index in [0.29, 0.717) is 12.1 Å². The van der Waals surface area contributed by atoms with Gasteiger partial charge in [-0.1, -0.05) is 12.5 Å². The molecule has 0 aromatic rings. The van der Waals surface area contributed by atoms with Crippen molar-refractivity contribution in [1.29, 1.82) is 0 Å². The van der Waals surface area contributed by atoms with E-state index in [1.807, 2.05) is 11.0 Å². The maximum absolute atomic E-state index is 12.4. The highest BCUT2D eigenvalue weighted by Crippen LogP contribution is 2.38. The lowest BCUT2D eigenvalue weighted by Gasteiger charge is -2.36. The molecule has 3 heterocycles. The number of fused-ring (bicyclic) bond motifs is 1. The van der Waals surface area contributed by atoms with Gasteiger partial charge < -0.3 is 18.9 Å². The maximum Gasteiger partial charge on any atom is 0.334 e. The second-order valence-corrected chi connectivity index (χ2v) is 5.71. The molecule has 0 aromatic carbocycles. The monoisotopic (exact) mass is 311 g/mol. The molecule has 0 aromatic heterocycles. The van der Waals surface area contributed by atoms with Gasteiger partial charge in [-0.3, -0.25) is 4.79 Å². The predicted molar refractivity (Wildman–Crippen MR) is 74.3 cm³/mol. The summed E-state index contributed by atoms with van der Waals surface area (Å²) >= 11 is 0. The SMILES string of the molecule is COC(=O)C1=CCCCCC(N2CC3OC2O3)C1C(=O)OC. The third-order valence-corrected chi connectivity index (χ3v) is 4.51. The van der Waals surface area contributed by atoms with Gasteiger partial charge in [-0.25, -0.2) is 9.69 Å². The highest BCUT2D eigenvalue weighted by Gasteiger charge is 2.52. The van der Waals surface area contributed by atoms with Crippen LogP contribution in [0.4, 0.5) is 0 Å². The molecule has 3 saturated heterocycles. The van der Waals surface area contributed by atoms with Crippen LogP contribution in [0, 0.1) is 5.92 Å². The molecular formula is C15H21NO6. The predicted octanol–water partition coefficient (Wildman–Crippen LogP) is 0.790. The minimum absolute atomic E-state index is 0.185. The zero-order valence-corrected chi connectivity index (χ0v) is 12.8. The second-order valence-electron chi connectivity index (χ2n) is 5.71. The number of ether oxygens (including phenoxy) is 4. The lowest BCUT2D eigenvalue weighted by molar-refractivity contribution is -0.362. The van der Waals surface area contributed by atoms with Crippen LogP contribution in [0.5, 0.6) is 0 Å². The van der Waals surface area contributed by atoms with Gasteiger partial charge in [0.2, 0.25) is 6.41 Å². The standard InChI is InChI=1S/C15H21NO6/c1-19-13(17)9-6-4-3-5-7-10(12(9)14(18)20-2)16-8-11-21-15(16)22-11/h6,10-12,15H,3-5,7-8H2,1-2H3. The Balaban J connectivity index is 1.93. The van der Waals surface area contributed by atoms with Crippen molar-refractivity contribution in [1.82, 2.24) is 4.90 Å². The summed E-state index contributed by atoms with van der Waals surface area (Å²) in [4.78, 5) is 26.5. The van der Waals surface area contributed by atoms with Gasteiger partial charge in [0.05, 0.1) is 20.8 Å². The van der Waals surface area contributed by atoms with Gasteiger partial charge in [-0.2, -0.15) is 0 Å². The Kier molecular flexibility index (Phi) is 4.46. The quantitative estimate of drug-likeness (QED) is 0.713. The molecule has 2 unspecified atom stereocenters. The fraction of sp³-hybridized carbons (Fsp3) is 0.733. The molecule has 0 amide bonds. The van der Waals surface area contributed by atoms with E-state index in [1.165, 1.54) is 14.2 Å². The van der Waals surface area contributed by atoms with Crippen LogP contribution in [0.15, 0.2) is 11.6 Å². The van der Waals surface area contributed by atoms with E-state index >= 15 is 0 Å². The van der Waals surface area contributed by atoms with E-state index in [4.69, 9.17) is 18.9 Å². The molecule has 122 valence electrons. The molecule has 1 aliphatic carbocycles. The number of hydrogen-bond donors (Lipinski definition) is 0. The van der Waals surface area contributed by atoms with E-state index in [9.17, 15) is 9.59 Å². The number of carbonyl (C=O) groups is 2. The van der Waals surface area contributed by atoms with Crippen molar-refractivity contribution in [3.63, 3.8) is 0 Å². The van der Waals surface area contributed by atoms with Crippen molar-refractivity contribution < 1.29 is 28.5 Å². The number of rotatable bonds is 3. The third kappa shape index (κ3) is 2.64. The van der Waals surface area contributed by atoms with Gasteiger partial charge in [0.25, 0.3) is 0 Å². The molecule has 3 fully saturated rings. The highest BCUT2D eigenvalue weighted by atomic mass is 16.9. The van der Waals surface area contributed by atoms with Gasteiger partial charge in [-0.05, 0) is 19.3 Å². The largest absolute Gasteiger partial charge is 0.468 e. The van der Waals surface area contributed by atoms with Crippen LogP contribution in [0.25, 0.3) is 0 Å². The minimum atomic E-state index is -0.677. The normalized spacial score (nSPS) is 34.9. The smallest absolute Gasteiger partial charge is 0.334 e. The molecule has 7 heteroatoms. The van der Waals surface area contributed by atoms with Gasteiger partial charge in [0.1, 0.15) is 5.92 Å². The molecule has 4 aliphatic rings. The first-order chi connectivity index (χ1) is 10.7. The Bertz CT molecular complexity index is 484. The van der Waals surface area contributed by atoms with Crippen LogP contribution in [0.1, 0.15) is 25.7 Å². The maximum atomic E-state index is 12.4. The Hall–Kier alpha value is -1.44. The van der Waals surface area contributed by atoms with Crippen molar-refractivity contribution in [3.05, 3.63) is 11.6 Å². The number of nitrogens with zero attached hydrogens (tertiary/aromatic N) is 1. The summed E-state index contributed by atoms with van der Waals surface area (Å²) in [5, 5.41) is 0. The lowest BCUT2D eigenvalue weighted by Crippen LogP contribution is -2.48. The summed E-state index contributed by atoms with van der Waals surface area (Å²) in [5.41, 5.74) is 0.378. The summed E-state index contributed by atoms with van der Waals surface area (Å²) in [6.45, 7) is 0.608. The van der Waals surface area contributed by atoms with Crippen LogP contribution in [-0.2, 0) is 28.5 Å². The molecule has 4 rings (SSSR count). The number of carbonyl (C=O) groups excluding carboxylic acids is 2. The summed E-state index contributed by atoms with van der Waals surface area (Å²) in [6.07, 6.45) is 4.64. The summed E-state index contributed by atoms with van der Waals surface area (Å²) in [6, 6.07) is -0.185. The average Bonchev–Trinajstić information content (AvgIpc) is 3.05.